The molecule has 3 nitrogen and oxygen atoms in total. The maximum Gasteiger partial charge on any atom is 0.416 e. The van der Waals surface area contributed by atoms with E-state index in [0.717, 1.165) is 37.1 Å². The fourth-order valence-corrected chi connectivity index (χ4v) is 2.74. The molecule has 0 bridgehead atoms. The number of ether oxygens (including phenoxy) is 1. The zero-order chi connectivity index (χ0) is 15.5. The van der Waals surface area contributed by atoms with Gasteiger partial charge in [0.2, 0.25) is 0 Å². The highest BCUT2D eigenvalue weighted by Crippen LogP contribution is 2.34. The Morgan fingerprint density at radius 3 is 2.57 bits per heavy atom. The molecule has 1 aromatic carbocycles. The highest BCUT2D eigenvalue weighted by atomic mass is 19.4. The lowest BCUT2D eigenvalue weighted by atomic mass is 9.84. The van der Waals surface area contributed by atoms with Gasteiger partial charge in [-0.25, -0.2) is 0 Å². The monoisotopic (exact) mass is 301 g/mol. The van der Waals surface area contributed by atoms with E-state index in [0.29, 0.717) is 0 Å². The summed E-state index contributed by atoms with van der Waals surface area (Å²) in [6.07, 6.45) is -2.26. The first-order valence-electron chi connectivity index (χ1n) is 6.89. The van der Waals surface area contributed by atoms with Crippen LogP contribution in [0.15, 0.2) is 24.3 Å². The van der Waals surface area contributed by atoms with Crippen molar-refractivity contribution < 1.29 is 22.7 Å². The normalized spacial score (nSPS) is 22.9. The Kier molecular flexibility index (Phi) is 4.88. The standard InChI is InChI=1S/C15H18F3NO2/c1-21-13(20)9-11-3-2-8-19-14(11)10-4-6-12(7-5-10)15(16,17)18/h4-7,11,14,19H,2-3,8-9H2,1H3/t11-,14-/m1/s1. The summed E-state index contributed by atoms with van der Waals surface area (Å²) in [5.74, 6) is -0.247. The minimum absolute atomic E-state index is 0.0444. The number of benzene rings is 1. The lowest BCUT2D eigenvalue weighted by Gasteiger charge is -2.32. The summed E-state index contributed by atoms with van der Waals surface area (Å²) in [7, 11) is 1.34. The zero-order valence-corrected chi connectivity index (χ0v) is 11.7. The van der Waals surface area contributed by atoms with Gasteiger partial charge in [0, 0.05) is 6.04 Å². The van der Waals surface area contributed by atoms with E-state index in [4.69, 9.17) is 0 Å². The molecule has 0 aliphatic carbocycles. The second-order valence-corrected chi connectivity index (χ2v) is 5.23. The van der Waals surface area contributed by atoms with Crippen LogP contribution in [0.25, 0.3) is 0 Å². The molecule has 1 aliphatic rings. The van der Waals surface area contributed by atoms with E-state index in [1.165, 1.54) is 19.2 Å². The molecule has 21 heavy (non-hydrogen) atoms. The topological polar surface area (TPSA) is 38.3 Å². The minimum Gasteiger partial charge on any atom is -0.469 e. The van der Waals surface area contributed by atoms with E-state index in [9.17, 15) is 18.0 Å². The van der Waals surface area contributed by atoms with Crippen LogP contribution >= 0.6 is 0 Å². The zero-order valence-electron chi connectivity index (χ0n) is 11.7. The maximum atomic E-state index is 12.6. The number of hydrogen-bond acceptors (Lipinski definition) is 3. The summed E-state index contributed by atoms with van der Waals surface area (Å²) in [6, 6.07) is 5.02. The lowest BCUT2D eigenvalue weighted by Crippen LogP contribution is -2.35. The first-order valence-corrected chi connectivity index (χ1v) is 6.89. The second kappa shape index (κ2) is 6.47. The molecule has 2 atom stereocenters. The lowest BCUT2D eigenvalue weighted by molar-refractivity contribution is -0.142. The summed E-state index contributed by atoms with van der Waals surface area (Å²) >= 11 is 0. The van der Waals surface area contributed by atoms with Gasteiger partial charge in [0.15, 0.2) is 0 Å². The molecule has 0 spiro atoms. The molecule has 0 aromatic heterocycles. The number of piperidine rings is 1. The van der Waals surface area contributed by atoms with Gasteiger partial charge in [-0.15, -0.1) is 0 Å². The van der Waals surface area contributed by atoms with Gasteiger partial charge in [-0.2, -0.15) is 13.2 Å². The van der Waals surface area contributed by atoms with E-state index < -0.39 is 11.7 Å². The molecule has 1 aromatic rings. The van der Waals surface area contributed by atoms with E-state index in [1.807, 2.05) is 0 Å². The van der Waals surface area contributed by atoms with Gasteiger partial charge in [-0.05, 0) is 43.0 Å². The highest BCUT2D eigenvalue weighted by Gasteiger charge is 2.32. The Balaban J connectivity index is 2.15. The Morgan fingerprint density at radius 1 is 1.33 bits per heavy atom. The average molecular weight is 301 g/mol. The van der Waals surface area contributed by atoms with Gasteiger partial charge in [0.05, 0.1) is 19.1 Å². The predicted molar refractivity (Wildman–Crippen MR) is 71.5 cm³/mol. The maximum absolute atomic E-state index is 12.6. The summed E-state index contributed by atoms with van der Waals surface area (Å²) in [6.45, 7) is 0.795. The van der Waals surface area contributed by atoms with Crippen LogP contribution in [0.3, 0.4) is 0 Å². The molecular formula is C15H18F3NO2. The number of nitrogens with one attached hydrogen (secondary N) is 1. The Labute approximate surface area is 121 Å². The second-order valence-electron chi connectivity index (χ2n) is 5.23. The third-order valence-corrected chi connectivity index (χ3v) is 3.84. The van der Waals surface area contributed by atoms with Crippen LogP contribution in [0.4, 0.5) is 13.2 Å². The van der Waals surface area contributed by atoms with Gasteiger partial charge in [0.1, 0.15) is 0 Å². The third-order valence-electron chi connectivity index (χ3n) is 3.84. The van der Waals surface area contributed by atoms with Crippen LogP contribution in [-0.4, -0.2) is 19.6 Å². The number of halogens is 3. The van der Waals surface area contributed by atoms with Crippen LogP contribution in [-0.2, 0) is 15.7 Å². The van der Waals surface area contributed by atoms with Crippen LogP contribution < -0.4 is 5.32 Å². The summed E-state index contributed by atoms with van der Waals surface area (Å²) < 4.78 is 42.4. The number of carbonyl (C=O) groups excluding carboxylic acids is 1. The van der Waals surface area contributed by atoms with Gasteiger partial charge >= 0.3 is 12.1 Å². The summed E-state index contributed by atoms with van der Waals surface area (Å²) in [5, 5.41) is 3.28. The summed E-state index contributed by atoms with van der Waals surface area (Å²) in [5.41, 5.74) is 0.114. The number of rotatable bonds is 3. The molecule has 1 saturated heterocycles. The number of carbonyl (C=O) groups is 1. The molecule has 0 radical (unpaired) electrons. The van der Waals surface area contributed by atoms with Crippen molar-refractivity contribution in [3.05, 3.63) is 35.4 Å². The smallest absolute Gasteiger partial charge is 0.416 e. The van der Waals surface area contributed by atoms with Crippen LogP contribution in [0.2, 0.25) is 0 Å². The van der Waals surface area contributed by atoms with Crippen LogP contribution in [0, 0.1) is 5.92 Å². The largest absolute Gasteiger partial charge is 0.469 e. The van der Waals surface area contributed by atoms with Crippen molar-refractivity contribution in [3.8, 4) is 0 Å². The first kappa shape index (κ1) is 15.8. The fraction of sp³-hybridized carbons (Fsp3) is 0.533. The molecule has 6 heteroatoms. The molecule has 0 amide bonds. The third kappa shape index (κ3) is 3.97. The van der Waals surface area contributed by atoms with Crippen molar-refractivity contribution >= 4 is 5.97 Å². The van der Waals surface area contributed by atoms with Gasteiger partial charge < -0.3 is 10.1 Å². The van der Waals surface area contributed by atoms with Crippen molar-refractivity contribution in [1.29, 1.82) is 0 Å². The number of hydrogen-bond donors (Lipinski definition) is 1. The number of esters is 1. The Bertz CT molecular complexity index is 485. The molecule has 1 N–H and O–H groups in total. The Hall–Kier alpha value is -1.56. The van der Waals surface area contributed by atoms with E-state index >= 15 is 0 Å². The minimum atomic E-state index is -4.33. The van der Waals surface area contributed by atoms with Gasteiger partial charge in [-0.3, -0.25) is 4.79 Å². The molecule has 0 saturated carbocycles. The van der Waals surface area contributed by atoms with Crippen LogP contribution in [0.5, 0.6) is 0 Å². The van der Waals surface area contributed by atoms with Gasteiger partial charge in [0.25, 0.3) is 0 Å². The van der Waals surface area contributed by atoms with Crippen molar-refractivity contribution in [3.63, 3.8) is 0 Å². The predicted octanol–water partition coefficient (Wildman–Crippen LogP) is 3.31. The van der Waals surface area contributed by atoms with Crippen LogP contribution in [0.1, 0.15) is 36.4 Å². The van der Waals surface area contributed by atoms with Crippen molar-refractivity contribution in [2.75, 3.05) is 13.7 Å². The molecule has 1 heterocycles. The molecule has 0 unspecified atom stereocenters. The van der Waals surface area contributed by atoms with E-state index in [-0.39, 0.29) is 24.3 Å². The summed E-state index contributed by atoms with van der Waals surface area (Å²) in [4.78, 5) is 11.4. The van der Waals surface area contributed by atoms with Crippen molar-refractivity contribution in [2.24, 2.45) is 5.92 Å². The van der Waals surface area contributed by atoms with Crippen molar-refractivity contribution in [2.45, 2.75) is 31.5 Å². The quantitative estimate of drug-likeness (QED) is 0.871. The molecule has 2 rings (SSSR count). The molecule has 1 fully saturated rings. The molecule has 1 aliphatic heterocycles. The van der Waals surface area contributed by atoms with E-state index in [1.54, 1.807) is 0 Å². The number of alkyl halides is 3. The highest BCUT2D eigenvalue weighted by molar-refractivity contribution is 5.69. The van der Waals surface area contributed by atoms with Crippen molar-refractivity contribution in [1.82, 2.24) is 5.32 Å². The number of methoxy groups -OCH3 is 1. The molecular weight excluding hydrogens is 283 g/mol. The fourth-order valence-electron chi connectivity index (χ4n) is 2.74. The Morgan fingerprint density at radius 2 is 2.00 bits per heavy atom. The SMILES string of the molecule is COC(=O)C[C@H]1CCCN[C@@H]1c1ccc(C(F)(F)F)cc1. The molecule has 116 valence electrons. The van der Waals surface area contributed by atoms with E-state index in [2.05, 4.69) is 10.1 Å². The van der Waals surface area contributed by atoms with Gasteiger partial charge in [-0.1, -0.05) is 12.1 Å². The first-order chi connectivity index (χ1) is 9.91. The average Bonchev–Trinajstić information content (AvgIpc) is 2.47.